The Bertz CT molecular complexity index is 1360. The number of fused-ring (bicyclic) bond motifs is 5. The molecule has 0 aromatic heterocycles. The van der Waals surface area contributed by atoms with Crippen LogP contribution in [0.3, 0.4) is 0 Å². The Morgan fingerprint density at radius 3 is 2.16 bits per heavy atom. The van der Waals surface area contributed by atoms with E-state index in [1.54, 1.807) is 24.3 Å². The molecule has 0 saturated heterocycles. The fourth-order valence-electron chi connectivity index (χ4n) is 4.80. The van der Waals surface area contributed by atoms with Gasteiger partial charge >= 0.3 is 0 Å². The van der Waals surface area contributed by atoms with Crippen molar-refractivity contribution in [1.82, 2.24) is 21.3 Å². The van der Waals surface area contributed by atoms with Crippen molar-refractivity contribution in [2.75, 3.05) is 26.2 Å². The quantitative estimate of drug-likeness (QED) is 0.121. The Balaban J connectivity index is 1.89. The predicted molar refractivity (Wildman–Crippen MR) is 166 cm³/mol. The molecule has 0 aliphatic carbocycles. The molecule has 3 rings (SSSR count). The molecule has 0 saturated carbocycles. The Kier molecular flexibility index (Phi) is 13.1. The van der Waals surface area contributed by atoms with Crippen LogP contribution in [0.5, 0.6) is 11.5 Å². The van der Waals surface area contributed by atoms with Crippen LogP contribution in [-0.2, 0) is 32.0 Å². The maximum Gasteiger partial charge on any atom is 0.243 e. The molecule has 15 N–H and O–H groups in total. The van der Waals surface area contributed by atoms with Gasteiger partial charge in [0, 0.05) is 32.5 Å². The van der Waals surface area contributed by atoms with Gasteiger partial charge in [0.2, 0.25) is 23.6 Å². The number of hydrogen-bond donors (Lipinski definition) is 11. The van der Waals surface area contributed by atoms with Crippen molar-refractivity contribution in [1.29, 1.82) is 0 Å². The molecule has 5 atom stereocenters. The molecule has 15 nitrogen and oxygen atoms in total. The predicted octanol–water partition coefficient (Wildman–Crippen LogP) is -2.83. The minimum Gasteiger partial charge on any atom is -0.508 e. The van der Waals surface area contributed by atoms with Crippen LogP contribution in [0.4, 0.5) is 0 Å². The summed E-state index contributed by atoms with van der Waals surface area (Å²) in [5.41, 5.74) is 25.2. The third-order valence-corrected chi connectivity index (χ3v) is 7.53. The Labute approximate surface area is 261 Å². The summed E-state index contributed by atoms with van der Waals surface area (Å²) in [6.07, 6.45) is -0.446. The molecular weight excluding hydrogens is 584 g/mol. The van der Waals surface area contributed by atoms with E-state index in [1.165, 1.54) is 12.1 Å². The van der Waals surface area contributed by atoms with Crippen molar-refractivity contribution in [3.8, 4) is 22.6 Å². The van der Waals surface area contributed by atoms with Crippen LogP contribution >= 0.6 is 0 Å². The smallest absolute Gasteiger partial charge is 0.243 e. The van der Waals surface area contributed by atoms with E-state index >= 15 is 0 Å². The fraction of sp³-hybridized carbons (Fsp3) is 0.467. The van der Waals surface area contributed by atoms with Gasteiger partial charge in [0.05, 0.1) is 18.2 Å². The van der Waals surface area contributed by atoms with Gasteiger partial charge in [0.1, 0.15) is 23.6 Å². The van der Waals surface area contributed by atoms with Gasteiger partial charge in [0.15, 0.2) is 0 Å². The zero-order valence-electron chi connectivity index (χ0n) is 25.0. The van der Waals surface area contributed by atoms with Crippen LogP contribution < -0.4 is 44.2 Å². The number of hydrogen-bond acceptors (Lipinski definition) is 11. The summed E-state index contributed by atoms with van der Waals surface area (Å²) in [4.78, 5) is 52.1. The third-order valence-electron chi connectivity index (χ3n) is 7.53. The zero-order chi connectivity index (χ0) is 33.1. The van der Waals surface area contributed by atoms with Gasteiger partial charge < -0.3 is 59.5 Å². The van der Waals surface area contributed by atoms with E-state index in [-0.39, 0.29) is 63.4 Å². The summed E-state index contributed by atoms with van der Waals surface area (Å²) >= 11 is 0. The van der Waals surface area contributed by atoms with Crippen molar-refractivity contribution in [3.63, 3.8) is 0 Å². The molecular formula is C30H44N8O7. The summed E-state index contributed by atoms with van der Waals surface area (Å²) in [5.74, 6) is -2.59. The maximum absolute atomic E-state index is 13.5. The maximum atomic E-state index is 13.5. The van der Waals surface area contributed by atoms with Gasteiger partial charge in [-0.15, -0.1) is 0 Å². The molecule has 1 aliphatic heterocycles. The number of carbonyl (C=O) groups is 4. The molecule has 246 valence electrons. The molecule has 1 heterocycles. The highest BCUT2D eigenvalue weighted by molar-refractivity contribution is 5.93. The molecule has 4 bridgehead atoms. The van der Waals surface area contributed by atoms with Gasteiger partial charge in [-0.1, -0.05) is 12.1 Å². The highest BCUT2D eigenvalue weighted by atomic mass is 16.3. The summed E-state index contributed by atoms with van der Waals surface area (Å²) in [5, 5.41) is 41.2. The molecule has 2 aromatic carbocycles. The standard InChI is InChI=1S/C30H44N8O7/c31-8-1-2-23-30(45)38-24(29(44)35-9-7-21(33)27(42)36-15-20(39)14-32)13-19-11-17(4-6-26(19)41)16-3-5-25(40)18(10-16)12-22(34)28(43)37-23/h3-6,10-11,20-24,39-41H,1-2,7-9,12-15,31-34H2,(H,35,44)(H,36,42)(H,37,43)(H,38,45)/t20?,21-,22-,23-,24-/m0/s1. The highest BCUT2D eigenvalue weighted by Crippen LogP contribution is 2.30. The van der Waals surface area contributed by atoms with Gasteiger partial charge in [0.25, 0.3) is 0 Å². The number of amides is 4. The second-order valence-electron chi connectivity index (χ2n) is 11.1. The SMILES string of the molecule is NCCC[C@@H]1NC(=O)[C@@H](N)Cc2cc(ccc2O)-c2ccc(O)c(c2)C[C@@H](C(=O)NCC[C@H](N)C(=O)NCC(O)CN)NC1=O. The normalized spacial score (nSPS) is 20.1. The number of phenolic OH excluding ortho intramolecular Hbond substituents is 2. The molecule has 1 aliphatic rings. The van der Waals surface area contributed by atoms with Crippen LogP contribution in [0.15, 0.2) is 36.4 Å². The number of nitrogens with one attached hydrogen (secondary N) is 4. The topological polar surface area (TPSA) is 281 Å². The Morgan fingerprint density at radius 2 is 1.56 bits per heavy atom. The number of aliphatic hydroxyl groups is 1. The van der Waals surface area contributed by atoms with Crippen molar-refractivity contribution < 1.29 is 34.5 Å². The minimum atomic E-state index is -1.20. The van der Waals surface area contributed by atoms with E-state index in [2.05, 4.69) is 21.3 Å². The lowest BCUT2D eigenvalue weighted by Crippen LogP contribution is -2.56. The summed E-state index contributed by atoms with van der Waals surface area (Å²) < 4.78 is 0. The van der Waals surface area contributed by atoms with Crippen molar-refractivity contribution in [3.05, 3.63) is 47.5 Å². The van der Waals surface area contributed by atoms with Crippen molar-refractivity contribution >= 4 is 23.6 Å². The molecule has 0 radical (unpaired) electrons. The number of rotatable bonds is 11. The lowest BCUT2D eigenvalue weighted by molar-refractivity contribution is -0.132. The number of nitrogens with two attached hydrogens (primary N) is 4. The molecule has 4 amide bonds. The number of benzene rings is 2. The van der Waals surface area contributed by atoms with Gasteiger partial charge in [-0.3, -0.25) is 19.2 Å². The first-order chi connectivity index (χ1) is 21.4. The second kappa shape index (κ2) is 16.7. The minimum absolute atomic E-state index is 0.0134. The van der Waals surface area contributed by atoms with E-state index in [9.17, 15) is 34.5 Å². The van der Waals surface area contributed by atoms with Gasteiger partial charge in [-0.05, 0) is 72.3 Å². The van der Waals surface area contributed by atoms with Crippen LogP contribution in [-0.4, -0.2) is 95.4 Å². The summed E-state index contributed by atoms with van der Waals surface area (Å²) in [7, 11) is 0. The molecule has 1 unspecified atom stereocenters. The first-order valence-electron chi connectivity index (χ1n) is 14.8. The number of aromatic hydroxyl groups is 2. The number of aliphatic hydroxyl groups excluding tert-OH is 1. The summed E-state index contributed by atoms with van der Waals surface area (Å²) in [6.45, 7) is 0.126. The monoisotopic (exact) mass is 628 g/mol. The molecule has 45 heavy (non-hydrogen) atoms. The number of carbonyl (C=O) groups excluding carboxylic acids is 4. The fourth-order valence-corrected chi connectivity index (χ4v) is 4.80. The van der Waals surface area contributed by atoms with E-state index in [0.29, 0.717) is 28.7 Å². The molecule has 15 heteroatoms. The third kappa shape index (κ3) is 10.1. The van der Waals surface area contributed by atoms with Crippen molar-refractivity contribution in [2.45, 2.75) is 62.4 Å². The van der Waals surface area contributed by atoms with E-state index in [4.69, 9.17) is 22.9 Å². The van der Waals surface area contributed by atoms with Gasteiger partial charge in [-0.2, -0.15) is 0 Å². The lowest BCUT2D eigenvalue weighted by atomic mass is 9.95. The largest absolute Gasteiger partial charge is 0.508 e. The first kappa shape index (κ1) is 35.2. The van der Waals surface area contributed by atoms with Crippen LogP contribution in [0, 0.1) is 0 Å². The van der Waals surface area contributed by atoms with Crippen molar-refractivity contribution in [2.24, 2.45) is 22.9 Å². The van der Waals surface area contributed by atoms with Crippen LogP contribution in [0.25, 0.3) is 11.1 Å². The lowest BCUT2D eigenvalue weighted by Gasteiger charge is -2.24. The average molecular weight is 629 g/mol. The van der Waals surface area contributed by atoms with Crippen LogP contribution in [0.2, 0.25) is 0 Å². The van der Waals surface area contributed by atoms with Crippen LogP contribution in [0.1, 0.15) is 30.4 Å². The molecule has 2 aromatic rings. The Morgan fingerprint density at radius 1 is 0.933 bits per heavy atom. The van der Waals surface area contributed by atoms with E-state index in [0.717, 1.165) is 0 Å². The molecule has 0 fully saturated rings. The summed E-state index contributed by atoms with van der Waals surface area (Å²) in [6, 6.07) is 5.27. The number of phenols is 2. The Hall–Kier alpha value is -4.28. The highest BCUT2D eigenvalue weighted by Gasteiger charge is 2.29. The zero-order valence-corrected chi connectivity index (χ0v) is 25.0. The second-order valence-corrected chi connectivity index (χ2v) is 11.1. The first-order valence-corrected chi connectivity index (χ1v) is 14.8. The van der Waals surface area contributed by atoms with Gasteiger partial charge in [-0.25, -0.2) is 0 Å². The molecule has 0 spiro atoms. The van der Waals surface area contributed by atoms with E-state index < -0.39 is 53.9 Å². The van der Waals surface area contributed by atoms with E-state index in [1.807, 2.05) is 0 Å². The average Bonchev–Trinajstić information content (AvgIpc) is 3.02.